The van der Waals surface area contributed by atoms with Gasteiger partial charge in [0.1, 0.15) is 23.0 Å². The molecule has 0 unspecified atom stereocenters. The average Bonchev–Trinajstić information content (AvgIpc) is 4.09. The molecule has 2 aromatic carbocycles. The van der Waals surface area contributed by atoms with Gasteiger partial charge >= 0.3 is 12.3 Å². The zero-order valence-corrected chi connectivity index (χ0v) is 44.7. The first-order valence-corrected chi connectivity index (χ1v) is 24.6. The Bertz CT molecular complexity index is 2840. The summed E-state index contributed by atoms with van der Waals surface area (Å²) in [7, 11) is 3.25. The number of aromatic amines is 2. The number of H-pyrrole nitrogens is 2. The molecule has 17 nitrogen and oxygen atoms in total. The van der Waals surface area contributed by atoms with Crippen molar-refractivity contribution in [3.05, 3.63) is 105 Å². The Labute approximate surface area is 446 Å². The number of anilines is 2. The van der Waals surface area contributed by atoms with Crippen LogP contribution in [-0.2, 0) is 28.7 Å². The van der Waals surface area contributed by atoms with Gasteiger partial charge in [0.15, 0.2) is 5.78 Å². The van der Waals surface area contributed by atoms with Crippen LogP contribution in [0.2, 0.25) is 0 Å². The Morgan fingerprint density at radius 1 is 0.737 bits per heavy atom. The summed E-state index contributed by atoms with van der Waals surface area (Å²) in [5.41, 5.74) is 5.32. The molecule has 6 rings (SSSR count). The molecule has 2 aliphatic heterocycles. The van der Waals surface area contributed by atoms with Crippen molar-refractivity contribution < 1.29 is 65.0 Å². The highest BCUT2D eigenvalue weighted by Gasteiger charge is 2.29. The van der Waals surface area contributed by atoms with Gasteiger partial charge in [0.2, 0.25) is 6.29 Å². The van der Waals surface area contributed by atoms with E-state index < -0.39 is 41.8 Å². The number of benzene rings is 2. The van der Waals surface area contributed by atoms with Crippen LogP contribution in [0.1, 0.15) is 115 Å². The highest BCUT2D eigenvalue weighted by molar-refractivity contribution is 6.40. The summed E-state index contributed by atoms with van der Waals surface area (Å²) in [6.45, 7) is 12.9. The Morgan fingerprint density at radius 3 is 1.50 bits per heavy atom. The third-order valence-electron chi connectivity index (χ3n) is 11.5. The van der Waals surface area contributed by atoms with Crippen molar-refractivity contribution in [2.45, 2.75) is 98.0 Å². The molecule has 0 aliphatic carbocycles. The predicted octanol–water partition coefficient (Wildman–Crippen LogP) is 9.10. The van der Waals surface area contributed by atoms with Crippen LogP contribution >= 0.6 is 23.2 Å². The minimum atomic E-state index is -4.64. The first-order chi connectivity index (χ1) is 35.6. The molecule has 76 heavy (non-hydrogen) atoms. The fraction of sp³-hybridized carbons (Fsp3) is 0.385. The SMILES string of the molecule is CN[C@@H](C)C(=O)CCCNC(=O)c1c[nH]c(/C=C2\C(=O)Nc3ccc(F)cc32)c1C.Cc1c(C(=O)NCCCC(=O)[C@H](C)N(C)C(=O)OC(C)(C)C)c[nH]c1/C=C1\C(=O)Nc2ccc(F)cc21.ClCCl.O=CC(F)(F)F. The van der Waals surface area contributed by atoms with Gasteiger partial charge in [-0.3, -0.25) is 33.6 Å². The molecule has 2 atom stereocenters. The van der Waals surface area contributed by atoms with Crippen molar-refractivity contribution in [2.24, 2.45) is 0 Å². The van der Waals surface area contributed by atoms with E-state index in [1.54, 1.807) is 80.1 Å². The maximum atomic E-state index is 13.7. The molecule has 24 heteroatoms. The molecular formula is C52H61Cl2F5N8O9. The number of ether oxygens (including phenoxy) is 1. The number of aromatic nitrogens is 2. The second kappa shape index (κ2) is 28.7. The molecule has 412 valence electrons. The highest BCUT2D eigenvalue weighted by atomic mass is 35.5. The van der Waals surface area contributed by atoms with Gasteiger partial charge in [-0.05, 0) is 128 Å². The molecular weight excluding hydrogens is 1050 g/mol. The fourth-order valence-electron chi connectivity index (χ4n) is 7.10. The number of likely N-dealkylation sites (N-methyl/N-ethyl adjacent to an activating group) is 2. The lowest BCUT2D eigenvalue weighted by molar-refractivity contribution is -0.156. The summed E-state index contributed by atoms with van der Waals surface area (Å²) in [4.78, 5) is 102. The predicted molar refractivity (Wildman–Crippen MR) is 281 cm³/mol. The maximum Gasteiger partial charge on any atom is 0.446 e. The molecule has 2 aliphatic rings. The summed E-state index contributed by atoms with van der Waals surface area (Å²) in [5, 5.41) is 14.1. The molecule has 4 aromatic rings. The number of aldehydes is 1. The number of hydrogen-bond acceptors (Lipinski definition) is 10. The largest absolute Gasteiger partial charge is 0.446 e. The van der Waals surface area contributed by atoms with E-state index in [9.17, 15) is 55.5 Å². The standard InChI is InChI=1S/C27H33FN4O5.C22H25FN4O3.C2HF3O.CH2Cl2/c1-15-20(14-30-22(15)13-19-18-12-17(28)9-10-21(18)31-25(19)35)24(34)29-11-7-8-23(33)16(2)32(6)26(36)37-27(3,4)5;1-12-17(21(29)25-8-4-5-20(28)13(2)24-3)11-26-19(12)10-16-15-9-14(23)6-7-18(15)27-22(16)30;3-2(4,5)1-6;2-1-3/h9-10,12-14,16,30H,7-8,11H2,1-6H3,(H,29,34)(H,31,35);6-7,9-11,13,24,26H,4-5,8H2,1-3H3,(H,25,29)(H,27,30);1H;1H2/b19-13-;16-10-;;/t16-;13-;;/m00../s1. The molecule has 4 heterocycles. The van der Waals surface area contributed by atoms with Crippen molar-refractivity contribution in [1.29, 1.82) is 0 Å². The normalized spacial score (nSPS) is 14.2. The first kappa shape index (κ1) is 63.1. The van der Waals surface area contributed by atoms with Crippen LogP contribution < -0.4 is 26.6 Å². The van der Waals surface area contributed by atoms with Gasteiger partial charge < -0.3 is 46.2 Å². The van der Waals surface area contributed by atoms with E-state index >= 15 is 0 Å². The Balaban J connectivity index is 0.000000350. The lowest BCUT2D eigenvalue weighted by atomic mass is 10.0. The number of hydrogen-bond donors (Lipinski definition) is 7. The third kappa shape index (κ3) is 18.6. The molecule has 0 saturated heterocycles. The van der Waals surface area contributed by atoms with Crippen LogP contribution in [0, 0.1) is 25.5 Å². The second-order valence-corrected chi connectivity index (χ2v) is 18.9. The maximum absolute atomic E-state index is 13.7. The van der Waals surface area contributed by atoms with E-state index in [0.717, 1.165) is 0 Å². The summed E-state index contributed by atoms with van der Waals surface area (Å²) >= 11 is 9.53. The van der Waals surface area contributed by atoms with Gasteiger partial charge in [0, 0.05) is 79.3 Å². The van der Waals surface area contributed by atoms with Crippen molar-refractivity contribution in [1.82, 2.24) is 30.8 Å². The molecule has 0 saturated carbocycles. The minimum Gasteiger partial charge on any atom is -0.444 e. The van der Waals surface area contributed by atoms with Gasteiger partial charge in [0.05, 0.1) is 39.7 Å². The summed E-state index contributed by atoms with van der Waals surface area (Å²) < 4.78 is 63.8. The lowest BCUT2D eigenvalue weighted by Crippen LogP contribution is -2.43. The number of halogens is 7. The number of rotatable bonds is 16. The number of nitrogens with zero attached hydrogens (tertiary/aromatic N) is 1. The second-order valence-electron chi connectivity index (χ2n) is 18.1. The molecule has 0 fully saturated rings. The number of carbonyl (C=O) groups excluding carboxylic acids is 8. The fourth-order valence-corrected chi connectivity index (χ4v) is 7.10. The van der Waals surface area contributed by atoms with Crippen LogP contribution in [0.5, 0.6) is 0 Å². The summed E-state index contributed by atoms with van der Waals surface area (Å²) in [5.74, 6) is -2.17. The van der Waals surface area contributed by atoms with Gasteiger partial charge in [-0.2, -0.15) is 13.2 Å². The van der Waals surface area contributed by atoms with E-state index in [-0.39, 0.29) is 59.5 Å². The molecule has 0 radical (unpaired) electrons. The van der Waals surface area contributed by atoms with Crippen LogP contribution in [-0.4, -0.2) is 119 Å². The average molecular weight is 1110 g/mol. The molecule has 0 bridgehead atoms. The number of ketones is 2. The zero-order chi connectivity index (χ0) is 57.2. The highest BCUT2D eigenvalue weighted by Crippen LogP contribution is 2.35. The number of carbonyl (C=O) groups is 8. The lowest BCUT2D eigenvalue weighted by Gasteiger charge is -2.28. The number of fused-ring (bicyclic) bond motifs is 2. The van der Waals surface area contributed by atoms with Gasteiger partial charge in [-0.1, -0.05) is 0 Å². The van der Waals surface area contributed by atoms with Crippen molar-refractivity contribution in [3.63, 3.8) is 0 Å². The van der Waals surface area contributed by atoms with Gasteiger partial charge in [0.25, 0.3) is 23.6 Å². The quantitative estimate of drug-likeness (QED) is 0.0185. The van der Waals surface area contributed by atoms with Gasteiger partial charge in [-0.15, -0.1) is 23.2 Å². The van der Waals surface area contributed by atoms with E-state index in [1.807, 2.05) is 0 Å². The van der Waals surface area contributed by atoms with Crippen LogP contribution in [0.25, 0.3) is 23.3 Å². The van der Waals surface area contributed by atoms with Crippen LogP contribution in [0.15, 0.2) is 48.8 Å². The van der Waals surface area contributed by atoms with E-state index in [4.69, 9.17) is 32.7 Å². The number of Topliss-reactive ketones (excluding diaryl/α,β-unsaturated/α-hetero) is 2. The van der Waals surface area contributed by atoms with Crippen molar-refractivity contribution in [3.8, 4) is 0 Å². The van der Waals surface area contributed by atoms with E-state index in [2.05, 4.69) is 36.6 Å². The smallest absolute Gasteiger partial charge is 0.444 e. The van der Waals surface area contributed by atoms with Gasteiger partial charge in [-0.25, -0.2) is 13.6 Å². The van der Waals surface area contributed by atoms with Crippen LogP contribution in [0.4, 0.5) is 38.1 Å². The Morgan fingerprint density at radius 2 is 1.13 bits per heavy atom. The van der Waals surface area contributed by atoms with E-state index in [1.165, 1.54) is 48.3 Å². The first-order valence-electron chi connectivity index (χ1n) is 23.5. The summed E-state index contributed by atoms with van der Waals surface area (Å²) in [6.07, 6.45) is 1.58. The van der Waals surface area contributed by atoms with Crippen LogP contribution in [0.3, 0.4) is 0 Å². The third-order valence-corrected chi connectivity index (χ3v) is 11.5. The Hall–Kier alpha value is -7.17. The van der Waals surface area contributed by atoms with Crippen molar-refractivity contribution >= 4 is 105 Å². The molecule has 7 N–H and O–H groups in total. The minimum absolute atomic E-state index is 0.102. The molecule has 5 amide bonds. The number of nitrogens with one attached hydrogen (secondary N) is 7. The molecule has 0 spiro atoms. The number of alkyl halides is 5. The van der Waals surface area contributed by atoms with Crippen molar-refractivity contribution in [2.75, 3.05) is 43.2 Å². The monoisotopic (exact) mass is 1110 g/mol. The van der Waals surface area contributed by atoms with E-state index in [0.29, 0.717) is 93.1 Å². The molecule has 2 aromatic heterocycles. The topological polar surface area (TPSA) is 241 Å². The zero-order valence-electron chi connectivity index (χ0n) is 43.2. The Kier molecular flexibility index (Phi) is 23.8. The summed E-state index contributed by atoms with van der Waals surface area (Å²) in [6, 6.07) is 7.33. The number of amides is 5.